The number of hydrogen-bond donors (Lipinski definition) is 1. The van der Waals surface area contributed by atoms with E-state index >= 15 is 0 Å². The van der Waals surface area contributed by atoms with E-state index in [1.54, 1.807) is 5.57 Å². The van der Waals surface area contributed by atoms with Gasteiger partial charge in [-0.05, 0) is 40.7 Å². The van der Waals surface area contributed by atoms with Crippen LogP contribution in [0.15, 0.2) is 121 Å². The molecule has 4 heteroatoms. The van der Waals surface area contributed by atoms with Crippen molar-refractivity contribution in [1.29, 1.82) is 0 Å². The molecule has 0 spiro atoms. The average molecular weight is 572 g/mol. The molecule has 1 atom stereocenters. The van der Waals surface area contributed by atoms with E-state index in [4.69, 9.17) is 4.74 Å². The zero-order valence-corrected chi connectivity index (χ0v) is 25.3. The fourth-order valence-electron chi connectivity index (χ4n) is 6.62. The van der Waals surface area contributed by atoms with Crippen LogP contribution in [0, 0.1) is 0 Å². The van der Waals surface area contributed by atoms with Crippen molar-refractivity contribution in [2.24, 2.45) is 0 Å². The maximum absolute atomic E-state index is 5.64. The molecule has 0 amide bonds. The van der Waals surface area contributed by atoms with E-state index in [0.29, 0.717) is 12.0 Å². The van der Waals surface area contributed by atoms with E-state index in [2.05, 4.69) is 136 Å². The Morgan fingerprint density at radius 2 is 1.21 bits per heavy atom. The zero-order valence-electron chi connectivity index (χ0n) is 25.3. The Labute approximate surface area is 258 Å². The lowest BCUT2D eigenvalue weighted by Gasteiger charge is -2.35. The SMILES string of the molecule is C(=C1CCN(CC(c2ccccc2)c2ccccc2)CC1)c1ccccc1CNCC(c1ccccc1)N1CCOCC1. The predicted octanol–water partition coefficient (Wildman–Crippen LogP) is 7.16. The Bertz CT molecular complexity index is 1370. The number of nitrogens with one attached hydrogen (secondary N) is 1. The van der Waals surface area contributed by atoms with E-state index in [-0.39, 0.29) is 0 Å². The Morgan fingerprint density at radius 3 is 1.84 bits per heavy atom. The van der Waals surface area contributed by atoms with Gasteiger partial charge in [-0.15, -0.1) is 0 Å². The van der Waals surface area contributed by atoms with Gasteiger partial charge in [0.1, 0.15) is 0 Å². The molecule has 2 aliphatic heterocycles. The Balaban J connectivity index is 1.07. The van der Waals surface area contributed by atoms with E-state index in [1.165, 1.54) is 27.8 Å². The first kappa shape index (κ1) is 29.5. The number of benzene rings is 4. The molecule has 2 aliphatic rings. The Hall–Kier alpha value is -3.54. The van der Waals surface area contributed by atoms with Crippen LogP contribution in [0.25, 0.3) is 6.08 Å². The summed E-state index contributed by atoms with van der Waals surface area (Å²) in [4.78, 5) is 5.22. The van der Waals surface area contributed by atoms with Crippen molar-refractivity contribution in [2.75, 3.05) is 52.5 Å². The second-order valence-corrected chi connectivity index (χ2v) is 11.9. The van der Waals surface area contributed by atoms with Crippen molar-refractivity contribution < 1.29 is 4.74 Å². The van der Waals surface area contributed by atoms with E-state index in [1.807, 2.05) is 0 Å². The van der Waals surface area contributed by atoms with Gasteiger partial charge in [-0.25, -0.2) is 0 Å². The number of nitrogens with zero attached hydrogens (tertiary/aromatic N) is 2. The van der Waals surface area contributed by atoms with Gasteiger partial charge in [-0.2, -0.15) is 0 Å². The Kier molecular flexibility index (Phi) is 10.5. The number of hydrogen-bond acceptors (Lipinski definition) is 4. The van der Waals surface area contributed by atoms with Gasteiger partial charge in [-0.1, -0.05) is 127 Å². The fraction of sp³-hybridized carbons (Fsp3) is 0.333. The maximum atomic E-state index is 5.64. The van der Waals surface area contributed by atoms with Gasteiger partial charge in [-0.3, -0.25) is 4.90 Å². The largest absolute Gasteiger partial charge is 0.379 e. The maximum Gasteiger partial charge on any atom is 0.0594 e. The molecule has 4 aromatic carbocycles. The minimum absolute atomic E-state index is 0.357. The minimum atomic E-state index is 0.357. The van der Waals surface area contributed by atoms with Crippen molar-refractivity contribution >= 4 is 6.08 Å². The third-order valence-electron chi connectivity index (χ3n) is 9.08. The van der Waals surface area contributed by atoms with Crippen molar-refractivity contribution in [3.63, 3.8) is 0 Å². The molecule has 0 saturated carbocycles. The van der Waals surface area contributed by atoms with Gasteiger partial charge in [0.25, 0.3) is 0 Å². The highest BCUT2D eigenvalue weighted by molar-refractivity contribution is 5.57. The molecule has 0 radical (unpaired) electrons. The second kappa shape index (κ2) is 15.3. The second-order valence-electron chi connectivity index (χ2n) is 11.9. The molecule has 4 aromatic rings. The summed E-state index contributed by atoms with van der Waals surface area (Å²) in [7, 11) is 0. The van der Waals surface area contributed by atoms with Crippen molar-refractivity contribution in [1.82, 2.24) is 15.1 Å². The lowest BCUT2D eigenvalue weighted by Crippen LogP contribution is -2.42. The van der Waals surface area contributed by atoms with Crippen LogP contribution >= 0.6 is 0 Å². The molecule has 2 fully saturated rings. The molecule has 0 aliphatic carbocycles. The van der Waals surface area contributed by atoms with Crippen LogP contribution in [0.2, 0.25) is 0 Å². The van der Waals surface area contributed by atoms with Crippen LogP contribution in [-0.4, -0.2) is 62.3 Å². The summed E-state index contributed by atoms with van der Waals surface area (Å²) in [5.41, 5.74) is 8.47. The molecule has 4 nitrogen and oxygen atoms in total. The van der Waals surface area contributed by atoms with Crippen molar-refractivity contribution in [3.05, 3.63) is 149 Å². The molecular formula is C39H45N3O. The summed E-state index contributed by atoms with van der Waals surface area (Å²) in [6.07, 6.45) is 4.73. The first-order valence-electron chi connectivity index (χ1n) is 16.0. The average Bonchev–Trinajstić information content (AvgIpc) is 3.08. The topological polar surface area (TPSA) is 27.7 Å². The number of ether oxygens (including phenoxy) is 1. The predicted molar refractivity (Wildman–Crippen MR) is 178 cm³/mol. The van der Waals surface area contributed by atoms with Crippen LogP contribution in [-0.2, 0) is 11.3 Å². The van der Waals surface area contributed by atoms with Crippen LogP contribution < -0.4 is 5.32 Å². The third kappa shape index (κ3) is 8.10. The zero-order chi connectivity index (χ0) is 29.1. The molecule has 1 unspecified atom stereocenters. The molecule has 2 heterocycles. The lowest BCUT2D eigenvalue weighted by molar-refractivity contribution is 0.0161. The summed E-state index contributed by atoms with van der Waals surface area (Å²) >= 11 is 0. The third-order valence-corrected chi connectivity index (χ3v) is 9.08. The number of piperidine rings is 1. The quantitative estimate of drug-likeness (QED) is 0.207. The number of morpholine rings is 1. The summed E-state index contributed by atoms with van der Waals surface area (Å²) < 4.78 is 5.64. The van der Waals surface area contributed by atoms with Gasteiger partial charge < -0.3 is 15.0 Å². The van der Waals surface area contributed by atoms with Crippen molar-refractivity contribution in [2.45, 2.75) is 31.3 Å². The summed E-state index contributed by atoms with van der Waals surface area (Å²) in [6, 6.07) is 42.2. The molecule has 43 heavy (non-hydrogen) atoms. The molecule has 222 valence electrons. The normalized spacial score (nSPS) is 17.2. The van der Waals surface area contributed by atoms with Crippen molar-refractivity contribution in [3.8, 4) is 0 Å². The van der Waals surface area contributed by atoms with E-state index < -0.39 is 0 Å². The van der Waals surface area contributed by atoms with Gasteiger partial charge in [0, 0.05) is 57.8 Å². The molecule has 0 aromatic heterocycles. The number of likely N-dealkylation sites (tertiary alicyclic amines) is 1. The van der Waals surface area contributed by atoms with Crippen LogP contribution in [0.5, 0.6) is 0 Å². The summed E-state index contributed by atoms with van der Waals surface area (Å²) in [6.45, 7) is 8.68. The highest BCUT2D eigenvalue weighted by Crippen LogP contribution is 2.29. The first-order chi connectivity index (χ1) is 21.3. The summed E-state index contributed by atoms with van der Waals surface area (Å²) in [5.74, 6) is 0.400. The Morgan fingerprint density at radius 1 is 0.651 bits per heavy atom. The molecule has 6 rings (SSSR count). The van der Waals surface area contributed by atoms with E-state index in [0.717, 1.165) is 71.9 Å². The number of rotatable bonds is 11. The van der Waals surface area contributed by atoms with Crippen LogP contribution in [0.1, 0.15) is 52.6 Å². The molecule has 2 saturated heterocycles. The standard InChI is InChI=1S/C39H45N3O/c1-4-12-33(13-5-1)38(34-14-6-2-7-15-34)31-41-22-20-32(21-23-41)28-36-18-10-11-19-37(36)29-40-30-39(35-16-8-3-9-17-35)42-24-26-43-27-25-42/h1-19,28,38-40H,20-27,29-31H2. The lowest BCUT2D eigenvalue weighted by atomic mass is 9.90. The monoisotopic (exact) mass is 571 g/mol. The molecule has 1 N–H and O–H groups in total. The smallest absolute Gasteiger partial charge is 0.0594 e. The highest BCUT2D eigenvalue weighted by Gasteiger charge is 2.23. The van der Waals surface area contributed by atoms with Crippen LogP contribution in [0.4, 0.5) is 0 Å². The molecular weight excluding hydrogens is 526 g/mol. The van der Waals surface area contributed by atoms with Crippen LogP contribution in [0.3, 0.4) is 0 Å². The van der Waals surface area contributed by atoms with Gasteiger partial charge >= 0.3 is 0 Å². The fourth-order valence-corrected chi connectivity index (χ4v) is 6.62. The van der Waals surface area contributed by atoms with E-state index in [9.17, 15) is 0 Å². The highest BCUT2D eigenvalue weighted by atomic mass is 16.5. The van der Waals surface area contributed by atoms with Gasteiger partial charge in [0.2, 0.25) is 0 Å². The van der Waals surface area contributed by atoms with Gasteiger partial charge in [0.05, 0.1) is 13.2 Å². The minimum Gasteiger partial charge on any atom is -0.379 e. The molecule has 0 bridgehead atoms. The summed E-state index contributed by atoms with van der Waals surface area (Å²) in [5, 5.41) is 3.81. The first-order valence-corrected chi connectivity index (χ1v) is 16.0. The van der Waals surface area contributed by atoms with Gasteiger partial charge in [0.15, 0.2) is 0 Å².